The first kappa shape index (κ1) is 14.3. The van der Waals surface area contributed by atoms with Crippen LogP contribution in [0.1, 0.15) is 48.9 Å². The van der Waals surface area contributed by atoms with Gasteiger partial charge in [-0.15, -0.1) is 0 Å². The van der Waals surface area contributed by atoms with Gasteiger partial charge in [0, 0.05) is 6.54 Å². The highest BCUT2D eigenvalue weighted by molar-refractivity contribution is 6.32. The Morgan fingerprint density at radius 3 is 2.95 bits per heavy atom. The van der Waals surface area contributed by atoms with Crippen LogP contribution >= 0.6 is 11.6 Å². The van der Waals surface area contributed by atoms with Gasteiger partial charge in [-0.25, -0.2) is 9.37 Å². The minimum Gasteiger partial charge on any atom is -0.352 e. The number of carbonyl (C=O) groups is 1. The fraction of sp³-hybridized carbons (Fsp3) is 0.571. The van der Waals surface area contributed by atoms with E-state index >= 15 is 0 Å². The molecule has 0 atom stereocenters. The Kier molecular flexibility index (Phi) is 5.14. The third-order valence-electron chi connectivity index (χ3n) is 3.60. The molecule has 0 aliphatic heterocycles. The van der Waals surface area contributed by atoms with E-state index in [0.717, 1.165) is 31.0 Å². The maximum absolute atomic E-state index is 13.0. The number of nitrogens with one attached hydrogen (secondary N) is 1. The number of halogens is 2. The fourth-order valence-electron chi connectivity index (χ4n) is 2.57. The molecule has 5 heteroatoms. The summed E-state index contributed by atoms with van der Waals surface area (Å²) in [7, 11) is 0. The Bertz CT molecular complexity index is 447. The van der Waals surface area contributed by atoms with E-state index in [1.807, 2.05) is 0 Å². The second kappa shape index (κ2) is 6.85. The Morgan fingerprint density at radius 1 is 1.47 bits per heavy atom. The minimum atomic E-state index is -0.555. The first-order valence-corrected chi connectivity index (χ1v) is 7.14. The zero-order valence-electron chi connectivity index (χ0n) is 10.8. The lowest BCUT2D eigenvalue weighted by atomic mass is 10.0. The summed E-state index contributed by atoms with van der Waals surface area (Å²) in [5, 5.41) is 2.80. The molecular formula is C14H18ClFN2O. The standard InChI is InChI=1S/C14H18ClFN2O/c15-13-12(8-11(16)9-18-13)14(19)17-7-3-6-10-4-1-2-5-10/h8-10H,1-7H2,(H,17,19). The third-order valence-corrected chi connectivity index (χ3v) is 3.90. The van der Waals surface area contributed by atoms with Gasteiger partial charge in [-0.05, 0) is 24.8 Å². The second-order valence-electron chi connectivity index (χ2n) is 5.04. The molecule has 1 N–H and O–H groups in total. The second-order valence-corrected chi connectivity index (χ2v) is 5.40. The largest absolute Gasteiger partial charge is 0.352 e. The third kappa shape index (κ3) is 4.16. The van der Waals surface area contributed by atoms with Crippen molar-refractivity contribution in [2.24, 2.45) is 5.92 Å². The van der Waals surface area contributed by atoms with Gasteiger partial charge in [0.1, 0.15) is 11.0 Å². The predicted octanol–water partition coefficient (Wildman–Crippen LogP) is 3.57. The highest BCUT2D eigenvalue weighted by Gasteiger charge is 2.15. The molecule has 0 aromatic carbocycles. The van der Waals surface area contributed by atoms with Crippen LogP contribution in [0.4, 0.5) is 4.39 Å². The number of carbonyl (C=O) groups excluding carboxylic acids is 1. The number of hydrogen-bond acceptors (Lipinski definition) is 2. The molecule has 2 rings (SSSR count). The van der Waals surface area contributed by atoms with E-state index in [1.54, 1.807) is 0 Å². The number of aromatic nitrogens is 1. The molecule has 19 heavy (non-hydrogen) atoms. The Hall–Kier alpha value is -1.16. The fourth-order valence-corrected chi connectivity index (χ4v) is 2.76. The van der Waals surface area contributed by atoms with Crippen molar-refractivity contribution in [3.63, 3.8) is 0 Å². The summed E-state index contributed by atoms with van der Waals surface area (Å²) in [6.45, 7) is 0.599. The lowest BCUT2D eigenvalue weighted by molar-refractivity contribution is 0.0951. The van der Waals surface area contributed by atoms with Crippen LogP contribution in [0, 0.1) is 11.7 Å². The molecule has 104 valence electrons. The molecular weight excluding hydrogens is 267 g/mol. The van der Waals surface area contributed by atoms with E-state index in [2.05, 4.69) is 10.3 Å². The van der Waals surface area contributed by atoms with Crippen LogP contribution in [0.25, 0.3) is 0 Å². The highest BCUT2D eigenvalue weighted by atomic mass is 35.5. The van der Waals surface area contributed by atoms with Crippen LogP contribution in [0.15, 0.2) is 12.3 Å². The van der Waals surface area contributed by atoms with Gasteiger partial charge < -0.3 is 5.32 Å². The molecule has 3 nitrogen and oxygen atoms in total. The zero-order chi connectivity index (χ0) is 13.7. The lowest BCUT2D eigenvalue weighted by Gasteiger charge is -2.09. The summed E-state index contributed by atoms with van der Waals surface area (Å²) in [4.78, 5) is 15.4. The monoisotopic (exact) mass is 284 g/mol. The van der Waals surface area contributed by atoms with Gasteiger partial charge in [0.25, 0.3) is 5.91 Å². The first-order chi connectivity index (χ1) is 9.16. The SMILES string of the molecule is O=C(NCCCC1CCCC1)c1cc(F)cnc1Cl. The van der Waals surface area contributed by atoms with Crippen LogP contribution < -0.4 is 5.32 Å². The number of nitrogens with zero attached hydrogens (tertiary/aromatic N) is 1. The van der Waals surface area contributed by atoms with Gasteiger partial charge in [-0.3, -0.25) is 4.79 Å². The molecule has 1 aliphatic carbocycles. The zero-order valence-corrected chi connectivity index (χ0v) is 11.5. The molecule has 1 fully saturated rings. The smallest absolute Gasteiger partial charge is 0.254 e. The van der Waals surface area contributed by atoms with E-state index in [4.69, 9.17) is 11.6 Å². The van der Waals surface area contributed by atoms with Gasteiger partial charge in [-0.1, -0.05) is 37.3 Å². The molecule has 0 spiro atoms. The Labute approximate surface area is 117 Å². The average Bonchev–Trinajstić information content (AvgIpc) is 2.90. The highest BCUT2D eigenvalue weighted by Crippen LogP contribution is 2.28. The van der Waals surface area contributed by atoms with Crippen molar-refractivity contribution in [2.45, 2.75) is 38.5 Å². The summed E-state index contributed by atoms with van der Waals surface area (Å²) in [5.41, 5.74) is 0.0996. The van der Waals surface area contributed by atoms with Gasteiger partial charge in [0.15, 0.2) is 0 Å². The van der Waals surface area contributed by atoms with Crippen LogP contribution in [0.5, 0.6) is 0 Å². The van der Waals surface area contributed by atoms with Crippen LogP contribution in [-0.4, -0.2) is 17.4 Å². The maximum atomic E-state index is 13.0. The molecule has 1 aromatic rings. The van der Waals surface area contributed by atoms with E-state index in [9.17, 15) is 9.18 Å². The Morgan fingerprint density at radius 2 is 2.21 bits per heavy atom. The van der Waals surface area contributed by atoms with E-state index < -0.39 is 5.82 Å². The molecule has 1 heterocycles. The number of pyridine rings is 1. The average molecular weight is 285 g/mol. The Balaban J connectivity index is 1.75. The lowest BCUT2D eigenvalue weighted by Crippen LogP contribution is -2.25. The van der Waals surface area contributed by atoms with Gasteiger partial charge in [-0.2, -0.15) is 0 Å². The van der Waals surface area contributed by atoms with Gasteiger partial charge >= 0.3 is 0 Å². The van der Waals surface area contributed by atoms with Crippen molar-refractivity contribution in [3.05, 3.63) is 28.8 Å². The molecule has 0 saturated heterocycles. The van der Waals surface area contributed by atoms with Crippen molar-refractivity contribution in [1.82, 2.24) is 10.3 Å². The van der Waals surface area contributed by atoms with Crippen molar-refractivity contribution < 1.29 is 9.18 Å². The summed E-state index contributed by atoms with van der Waals surface area (Å²) < 4.78 is 13.0. The van der Waals surface area contributed by atoms with Crippen molar-refractivity contribution in [1.29, 1.82) is 0 Å². The predicted molar refractivity (Wildman–Crippen MR) is 72.7 cm³/mol. The van der Waals surface area contributed by atoms with Crippen molar-refractivity contribution >= 4 is 17.5 Å². The summed E-state index contributed by atoms with van der Waals surface area (Å²) in [5.74, 6) is -0.0970. The molecule has 1 aromatic heterocycles. The van der Waals surface area contributed by atoms with Crippen LogP contribution in [-0.2, 0) is 0 Å². The summed E-state index contributed by atoms with van der Waals surface area (Å²) in [6.07, 6.45) is 8.40. The van der Waals surface area contributed by atoms with E-state index in [0.29, 0.717) is 6.54 Å². The molecule has 0 bridgehead atoms. The molecule has 1 amide bonds. The minimum absolute atomic E-state index is 0.0368. The van der Waals surface area contributed by atoms with E-state index in [-0.39, 0.29) is 16.6 Å². The number of hydrogen-bond donors (Lipinski definition) is 1. The van der Waals surface area contributed by atoms with Crippen LogP contribution in [0.2, 0.25) is 5.15 Å². The van der Waals surface area contributed by atoms with E-state index in [1.165, 1.54) is 25.7 Å². The van der Waals surface area contributed by atoms with Crippen molar-refractivity contribution in [2.75, 3.05) is 6.54 Å². The summed E-state index contributed by atoms with van der Waals surface area (Å²) >= 11 is 5.77. The molecule has 0 radical (unpaired) electrons. The summed E-state index contributed by atoms with van der Waals surface area (Å²) in [6, 6.07) is 1.11. The molecule has 1 aliphatic rings. The van der Waals surface area contributed by atoms with Crippen molar-refractivity contribution in [3.8, 4) is 0 Å². The number of amides is 1. The maximum Gasteiger partial charge on any atom is 0.254 e. The first-order valence-electron chi connectivity index (χ1n) is 6.76. The molecule has 0 unspecified atom stereocenters. The number of rotatable bonds is 5. The quantitative estimate of drug-likeness (QED) is 0.663. The van der Waals surface area contributed by atoms with Gasteiger partial charge in [0.2, 0.25) is 0 Å². The topological polar surface area (TPSA) is 42.0 Å². The van der Waals surface area contributed by atoms with Crippen LogP contribution in [0.3, 0.4) is 0 Å². The normalized spacial score (nSPS) is 15.7. The van der Waals surface area contributed by atoms with Gasteiger partial charge in [0.05, 0.1) is 11.8 Å². The molecule has 1 saturated carbocycles.